The number of carbonyl (C=O) groups excluding carboxylic acids is 7. The summed E-state index contributed by atoms with van der Waals surface area (Å²) in [5.41, 5.74) is 3.55. The lowest BCUT2D eigenvalue weighted by Gasteiger charge is -2.44. The van der Waals surface area contributed by atoms with E-state index < -0.39 is 132 Å². The summed E-state index contributed by atoms with van der Waals surface area (Å²) in [5.74, 6) is -20.3. The molecule has 0 saturated carbocycles. The first-order valence-electron chi connectivity index (χ1n) is 20.4. The van der Waals surface area contributed by atoms with Gasteiger partial charge in [0.15, 0.2) is 24.6 Å². The van der Waals surface area contributed by atoms with Crippen LogP contribution in [0.4, 0.5) is 26.7 Å². The van der Waals surface area contributed by atoms with Crippen LogP contribution in [0.25, 0.3) is 11.1 Å². The second kappa shape index (κ2) is 23.0. The zero-order valence-corrected chi connectivity index (χ0v) is 35.8. The molecule has 22 heteroatoms. The van der Waals surface area contributed by atoms with Gasteiger partial charge in [-0.1, -0.05) is 48.5 Å². The molecule has 1 aliphatic heterocycles. The highest BCUT2D eigenvalue weighted by atomic mass is 19.2. The number of ether oxygens (including phenoxy) is 8. The van der Waals surface area contributed by atoms with Crippen molar-refractivity contribution in [3.63, 3.8) is 0 Å². The quantitative estimate of drug-likeness (QED) is 0.0309. The van der Waals surface area contributed by atoms with E-state index in [0.29, 0.717) is 6.42 Å². The summed E-state index contributed by atoms with van der Waals surface area (Å²) in [6.07, 6.45) is -8.52. The van der Waals surface area contributed by atoms with Crippen LogP contribution >= 0.6 is 0 Å². The summed E-state index contributed by atoms with van der Waals surface area (Å²) in [5, 5.41) is 4.69. The fourth-order valence-electron chi connectivity index (χ4n) is 7.25. The first kappa shape index (κ1) is 50.3. The number of nitrogens with one attached hydrogen (secondary N) is 2. The molecule has 2 amide bonds. The standard InChI is InChI=1S/C44H45F5N2O15/c1-21(52)60-20-31-38(62-22(2)53)40(63-23(3)54)41(64-24(4)55)43(65-31)59-17-11-5-10-16-50-42(57)30(18-32(56)66-39-36(48)34(46)33(45)35(47)37(39)49)51-44(58)61-19-29-27-14-8-6-12-25(27)26-13-7-9-15-28(26)29/h6-9,12-15,29-31,38,40-41,43H,5,10-11,16-20H2,1-4H3,(H,50,57)(H,51,58)/t30-,31+,38+,40-,41+,43+/m0/s1. The minimum atomic E-state index is -2.49. The first-order chi connectivity index (χ1) is 31.4. The van der Waals surface area contributed by atoms with E-state index in [1.807, 2.05) is 48.5 Å². The molecule has 2 N–H and O–H groups in total. The maximum Gasteiger partial charge on any atom is 0.407 e. The Kier molecular flexibility index (Phi) is 17.5. The molecular weight excluding hydrogens is 891 g/mol. The third kappa shape index (κ3) is 12.8. The number of unbranched alkanes of at least 4 members (excludes halogenated alkanes) is 2. The Morgan fingerprint density at radius 3 is 1.76 bits per heavy atom. The summed E-state index contributed by atoms with van der Waals surface area (Å²) >= 11 is 0. The minimum absolute atomic E-state index is 0.100. The number of amides is 2. The number of alkyl carbamates (subject to hydrolysis) is 1. The number of rotatable bonds is 19. The average molecular weight is 937 g/mol. The Morgan fingerprint density at radius 1 is 0.636 bits per heavy atom. The second-order valence-corrected chi connectivity index (χ2v) is 14.9. The fraction of sp³-hybridized carbons (Fsp3) is 0.432. The van der Waals surface area contributed by atoms with Crippen LogP contribution in [0.15, 0.2) is 48.5 Å². The number of fused-ring (bicyclic) bond motifs is 3. The third-order valence-electron chi connectivity index (χ3n) is 10.1. The van der Waals surface area contributed by atoms with Crippen LogP contribution in [0, 0.1) is 29.1 Å². The highest BCUT2D eigenvalue weighted by molar-refractivity contribution is 5.90. The molecule has 0 aromatic heterocycles. The Balaban J connectivity index is 1.21. The zero-order chi connectivity index (χ0) is 48.2. The molecule has 0 bridgehead atoms. The smallest absolute Gasteiger partial charge is 0.407 e. The first-order valence-corrected chi connectivity index (χ1v) is 20.4. The van der Waals surface area contributed by atoms with Crippen molar-refractivity contribution >= 4 is 41.8 Å². The highest BCUT2D eigenvalue weighted by Crippen LogP contribution is 2.44. The molecule has 0 radical (unpaired) electrons. The number of hydrogen-bond acceptors (Lipinski definition) is 15. The lowest BCUT2D eigenvalue weighted by atomic mass is 9.98. The maximum absolute atomic E-state index is 14.3. The number of halogens is 5. The molecule has 1 aliphatic carbocycles. The SMILES string of the molecule is CC(=O)OC[C@H]1O[C@@H](OCCCCCNC(=O)[C@H](CC(=O)Oc2c(F)c(F)c(F)c(F)c2F)NC(=O)OCC2c3ccccc3-c3ccccc32)[C@H](OC(C)=O)[C@@H](OC(C)=O)[C@@H]1OC(C)=O. The van der Waals surface area contributed by atoms with E-state index in [-0.39, 0.29) is 32.6 Å². The van der Waals surface area contributed by atoms with Gasteiger partial charge >= 0.3 is 35.9 Å². The normalized spacial score (nSPS) is 19.0. The van der Waals surface area contributed by atoms with Crippen LogP contribution in [-0.4, -0.2) is 105 Å². The Morgan fingerprint density at radius 2 is 1.18 bits per heavy atom. The van der Waals surface area contributed by atoms with Crippen LogP contribution in [0.5, 0.6) is 5.75 Å². The van der Waals surface area contributed by atoms with Crippen molar-refractivity contribution in [1.82, 2.24) is 10.6 Å². The highest BCUT2D eigenvalue weighted by Gasteiger charge is 2.52. The predicted octanol–water partition coefficient (Wildman–Crippen LogP) is 4.97. The van der Waals surface area contributed by atoms with Gasteiger partial charge in [-0.15, -0.1) is 0 Å². The summed E-state index contributed by atoms with van der Waals surface area (Å²) in [4.78, 5) is 87.1. The fourth-order valence-corrected chi connectivity index (χ4v) is 7.25. The molecule has 356 valence electrons. The van der Waals surface area contributed by atoms with Gasteiger partial charge in [-0.05, 0) is 41.5 Å². The maximum atomic E-state index is 14.3. The topological polar surface area (TPSA) is 217 Å². The van der Waals surface area contributed by atoms with E-state index in [2.05, 4.69) is 15.4 Å². The van der Waals surface area contributed by atoms with Crippen LogP contribution in [-0.2, 0) is 61.9 Å². The summed E-state index contributed by atoms with van der Waals surface area (Å²) in [6.45, 7) is 3.43. The van der Waals surface area contributed by atoms with E-state index in [1.54, 1.807) is 0 Å². The molecule has 3 aromatic rings. The molecule has 0 unspecified atom stereocenters. The monoisotopic (exact) mass is 936 g/mol. The van der Waals surface area contributed by atoms with E-state index in [1.165, 1.54) is 0 Å². The largest absolute Gasteiger partial charge is 0.463 e. The Hall–Kier alpha value is -6.68. The molecule has 1 fully saturated rings. The lowest BCUT2D eigenvalue weighted by molar-refractivity contribution is -0.308. The van der Waals surface area contributed by atoms with Gasteiger partial charge < -0.3 is 48.5 Å². The second-order valence-electron chi connectivity index (χ2n) is 14.9. The Labute approximate surface area is 373 Å². The molecule has 2 aliphatic rings. The zero-order valence-electron chi connectivity index (χ0n) is 35.8. The van der Waals surface area contributed by atoms with E-state index in [4.69, 9.17) is 33.2 Å². The van der Waals surface area contributed by atoms with Crippen molar-refractivity contribution in [3.05, 3.63) is 88.7 Å². The van der Waals surface area contributed by atoms with Gasteiger partial charge in [0, 0.05) is 46.8 Å². The van der Waals surface area contributed by atoms with Crippen LogP contribution in [0.2, 0.25) is 0 Å². The number of esters is 5. The van der Waals surface area contributed by atoms with Crippen molar-refractivity contribution < 1.29 is 93.4 Å². The van der Waals surface area contributed by atoms with Crippen LogP contribution in [0.1, 0.15) is 70.4 Å². The van der Waals surface area contributed by atoms with Gasteiger partial charge in [-0.2, -0.15) is 8.78 Å². The van der Waals surface area contributed by atoms with Gasteiger partial charge in [0.25, 0.3) is 0 Å². The minimum Gasteiger partial charge on any atom is -0.463 e. The van der Waals surface area contributed by atoms with Crippen molar-refractivity contribution in [3.8, 4) is 16.9 Å². The summed E-state index contributed by atoms with van der Waals surface area (Å²) in [7, 11) is 0. The Bertz CT molecular complexity index is 2240. The molecule has 5 rings (SSSR count). The summed E-state index contributed by atoms with van der Waals surface area (Å²) in [6, 6.07) is 13.0. The molecule has 17 nitrogen and oxygen atoms in total. The molecule has 3 aromatic carbocycles. The molecule has 1 saturated heterocycles. The van der Waals surface area contributed by atoms with Crippen LogP contribution < -0.4 is 15.4 Å². The van der Waals surface area contributed by atoms with Crippen molar-refractivity contribution in [2.75, 3.05) is 26.4 Å². The molecule has 1 heterocycles. The predicted molar refractivity (Wildman–Crippen MR) is 213 cm³/mol. The number of carbonyl (C=O) groups is 7. The van der Waals surface area contributed by atoms with E-state index >= 15 is 0 Å². The number of hydrogen-bond donors (Lipinski definition) is 2. The molecule has 66 heavy (non-hydrogen) atoms. The van der Waals surface area contributed by atoms with Gasteiger partial charge in [0.1, 0.15) is 25.4 Å². The van der Waals surface area contributed by atoms with Crippen LogP contribution in [0.3, 0.4) is 0 Å². The van der Waals surface area contributed by atoms with Gasteiger partial charge in [-0.3, -0.25) is 28.8 Å². The molecule has 0 spiro atoms. The van der Waals surface area contributed by atoms with E-state index in [0.717, 1.165) is 49.9 Å². The van der Waals surface area contributed by atoms with Gasteiger partial charge in [0.05, 0.1) is 6.42 Å². The summed E-state index contributed by atoms with van der Waals surface area (Å²) < 4.78 is 113. The van der Waals surface area contributed by atoms with E-state index in [9.17, 15) is 55.5 Å². The molecular formula is C44H45F5N2O15. The van der Waals surface area contributed by atoms with Crippen molar-refractivity contribution in [2.45, 2.75) is 96.0 Å². The van der Waals surface area contributed by atoms with Crippen molar-refractivity contribution in [2.24, 2.45) is 0 Å². The van der Waals surface area contributed by atoms with Gasteiger partial charge in [-0.25, -0.2) is 18.0 Å². The molecule has 6 atom stereocenters. The van der Waals surface area contributed by atoms with Gasteiger partial charge in [0.2, 0.25) is 40.7 Å². The third-order valence-corrected chi connectivity index (χ3v) is 10.1. The average Bonchev–Trinajstić information content (AvgIpc) is 3.59. The lowest BCUT2D eigenvalue weighted by Crippen LogP contribution is -2.63. The number of benzene rings is 3. The van der Waals surface area contributed by atoms with Crippen molar-refractivity contribution in [1.29, 1.82) is 0 Å².